The lowest BCUT2D eigenvalue weighted by Crippen LogP contribution is -2.16. The molecule has 2 fully saturated rings. The minimum atomic E-state index is 0.0463. The molecule has 3 heteroatoms. The van der Waals surface area contributed by atoms with Crippen molar-refractivity contribution < 1.29 is 0 Å². The van der Waals surface area contributed by atoms with E-state index < -0.39 is 0 Å². The van der Waals surface area contributed by atoms with E-state index >= 15 is 0 Å². The molecule has 2 saturated carbocycles. The number of benzene rings is 4. The molecule has 0 unspecified atom stereocenters. The lowest BCUT2D eigenvalue weighted by Gasteiger charge is -2.26. The van der Waals surface area contributed by atoms with E-state index in [0.29, 0.717) is 17.7 Å². The van der Waals surface area contributed by atoms with E-state index in [9.17, 15) is 0 Å². The molecular weight excluding hydrogens is 607 g/mol. The summed E-state index contributed by atoms with van der Waals surface area (Å²) in [4.78, 5) is 15.4. The molecule has 2 aliphatic rings. The van der Waals surface area contributed by atoms with Crippen LogP contribution in [0.2, 0.25) is 0 Å². The molecule has 0 amide bonds. The van der Waals surface area contributed by atoms with Gasteiger partial charge in [0.25, 0.3) is 0 Å². The zero-order valence-electron chi connectivity index (χ0n) is 31.2. The smallest absolute Gasteiger partial charge is 0.164 e. The highest BCUT2D eigenvalue weighted by Gasteiger charge is 2.22. The molecule has 4 aromatic carbocycles. The van der Waals surface area contributed by atoms with Gasteiger partial charge in [-0.2, -0.15) is 0 Å². The molecular formula is C47H55N3. The van der Waals surface area contributed by atoms with Crippen LogP contribution in [0, 0.1) is 0 Å². The van der Waals surface area contributed by atoms with Gasteiger partial charge in [-0.05, 0) is 87.8 Å². The van der Waals surface area contributed by atoms with E-state index in [4.69, 9.17) is 15.0 Å². The van der Waals surface area contributed by atoms with Gasteiger partial charge in [0.05, 0.1) is 0 Å². The molecule has 50 heavy (non-hydrogen) atoms. The lowest BCUT2D eigenvalue weighted by atomic mass is 9.79. The third-order valence-corrected chi connectivity index (χ3v) is 11.2. The minimum absolute atomic E-state index is 0.0463. The van der Waals surface area contributed by atoms with Crippen LogP contribution in [0.1, 0.15) is 140 Å². The molecule has 0 bridgehead atoms. The van der Waals surface area contributed by atoms with Crippen LogP contribution in [0.4, 0.5) is 0 Å². The molecule has 3 nitrogen and oxygen atoms in total. The lowest BCUT2D eigenvalue weighted by molar-refractivity contribution is 0.443. The zero-order valence-corrected chi connectivity index (χ0v) is 31.2. The predicted octanol–water partition coefficient (Wildman–Crippen LogP) is 13.2. The van der Waals surface area contributed by atoms with Crippen molar-refractivity contribution >= 4 is 0 Å². The van der Waals surface area contributed by atoms with Gasteiger partial charge in [0.15, 0.2) is 17.5 Å². The van der Waals surface area contributed by atoms with Gasteiger partial charge in [-0.3, -0.25) is 0 Å². The summed E-state index contributed by atoms with van der Waals surface area (Å²) in [5.74, 6) is 3.51. The van der Waals surface area contributed by atoms with Crippen LogP contribution < -0.4 is 0 Å². The quantitative estimate of drug-likeness (QED) is 0.182. The molecule has 7 rings (SSSR count). The largest absolute Gasteiger partial charge is 0.208 e. The van der Waals surface area contributed by atoms with Crippen molar-refractivity contribution in [1.29, 1.82) is 0 Å². The third kappa shape index (κ3) is 7.78. The van der Waals surface area contributed by atoms with Crippen molar-refractivity contribution in [3.63, 3.8) is 0 Å². The fourth-order valence-corrected chi connectivity index (χ4v) is 7.94. The standard InChI is InChI=1S/C47H55N3/c1-46(2,3)41-29-40(30-42(31-41)47(4,5)6)38-18-13-19-39(28-38)45-49-43(36-24-20-34(21-25-36)32-14-9-7-10-15-32)48-44(50-45)37-26-22-35(23-27-37)33-16-11-8-12-17-33/h13,18-33H,7-12,14-17H2,1-6H3. The molecule has 0 aliphatic heterocycles. The molecule has 0 saturated heterocycles. The second-order valence-electron chi connectivity index (χ2n) is 17.1. The van der Waals surface area contributed by atoms with Crippen LogP contribution in [0.5, 0.6) is 0 Å². The highest BCUT2D eigenvalue weighted by atomic mass is 15.0. The first kappa shape index (κ1) is 34.3. The van der Waals surface area contributed by atoms with Crippen molar-refractivity contribution in [2.75, 3.05) is 0 Å². The Labute approximate surface area is 301 Å². The van der Waals surface area contributed by atoms with E-state index in [1.165, 1.54) is 97.6 Å². The number of hydrogen-bond donors (Lipinski definition) is 0. The Balaban J connectivity index is 1.30. The van der Waals surface area contributed by atoms with Gasteiger partial charge in [-0.1, -0.05) is 165 Å². The second-order valence-corrected chi connectivity index (χ2v) is 17.1. The SMILES string of the molecule is CC(C)(C)c1cc(-c2cccc(-c3nc(-c4ccc(C5CCCCC5)cc4)nc(-c4ccc(C5CCCCC5)cc4)n3)c2)cc(C(C)(C)C)c1. The molecule has 258 valence electrons. The summed E-state index contributed by atoms with van der Waals surface area (Å²) in [5.41, 5.74) is 11.2. The number of nitrogens with zero attached hydrogens (tertiary/aromatic N) is 3. The van der Waals surface area contributed by atoms with E-state index in [-0.39, 0.29) is 10.8 Å². The number of rotatable bonds is 6. The summed E-state index contributed by atoms with van der Waals surface area (Å²) in [6.07, 6.45) is 13.3. The molecule has 5 aromatic rings. The van der Waals surface area contributed by atoms with E-state index in [0.717, 1.165) is 28.3 Å². The third-order valence-electron chi connectivity index (χ3n) is 11.2. The second kappa shape index (κ2) is 14.3. The maximum atomic E-state index is 5.16. The van der Waals surface area contributed by atoms with Crippen molar-refractivity contribution in [2.24, 2.45) is 0 Å². The Kier molecular flexibility index (Phi) is 9.79. The molecule has 0 atom stereocenters. The van der Waals surface area contributed by atoms with Gasteiger partial charge in [-0.25, -0.2) is 15.0 Å². The Hall–Kier alpha value is -4.11. The Bertz CT molecular complexity index is 1800. The maximum absolute atomic E-state index is 5.16. The maximum Gasteiger partial charge on any atom is 0.164 e. The van der Waals surface area contributed by atoms with Gasteiger partial charge in [-0.15, -0.1) is 0 Å². The average Bonchev–Trinajstić information content (AvgIpc) is 3.15. The van der Waals surface area contributed by atoms with Crippen molar-refractivity contribution in [2.45, 2.75) is 128 Å². The summed E-state index contributed by atoms with van der Waals surface area (Å²) < 4.78 is 0. The van der Waals surface area contributed by atoms with E-state index in [1.807, 2.05) is 0 Å². The van der Waals surface area contributed by atoms with Crippen molar-refractivity contribution in [3.8, 4) is 45.3 Å². The first-order valence-corrected chi connectivity index (χ1v) is 19.2. The fourth-order valence-electron chi connectivity index (χ4n) is 7.94. The monoisotopic (exact) mass is 661 g/mol. The molecule has 1 heterocycles. The molecule has 1 aromatic heterocycles. The highest BCUT2D eigenvalue weighted by molar-refractivity contribution is 5.73. The number of aromatic nitrogens is 3. The Morgan fingerprint density at radius 1 is 0.400 bits per heavy atom. The zero-order chi connectivity index (χ0) is 34.9. The van der Waals surface area contributed by atoms with Crippen LogP contribution in [0.15, 0.2) is 91.0 Å². The minimum Gasteiger partial charge on any atom is -0.208 e. The summed E-state index contributed by atoms with van der Waals surface area (Å²) in [7, 11) is 0. The normalized spacial score (nSPS) is 16.4. The van der Waals surface area contributed by atoms with Crippen LogP contribution in [-0.4, -0.2) is 15.0 Å². The van der Waals surface area contributed by atoms with Gasteiger partial charge < -0.3 is 0 Å². The van der Waals surface area contributed by atoms with Gasteiger partial charge in [0.1, 0.15) is 0 Å². The molecule has 0 N–H and O–H groups in total. The molecule has 0 spiro atoms. The summed E-state index contributed by atoms with van der Waals surface area (Å²) in [6.45, 7) is 13.8. The van der Waals surface area contributed by atoms with Gasteiger partial charge in [0.2, 0.25) is 0 Å². The average molecular weight is 662 g/mol. The number of hydrogen-bond acceptors (Lipinski definition) is 3. The first-order valence-electron chi connectivity index (χ1n) is 19.2. The van der Waals surface area contributed by atoms with Crippen molar-refractivity contribution in [3.05, 3.63) is 113 Å². The molecule has 0 radical (unpaired) electrons. The van der Waals surface area contributed by atoms with Crippen LogP contribution >= 0.6 is 0 Å². The summed E-state index contributed by atoms with van der Waals surface area (Å²) in [5, 5.41) is 0. The highest BCUT2D eigenvalue weighted by Crippen LogP contribution is 2.37. The van der Waals surface area contributed by atoms with Gasteiger partial charge in [0, 0.05) is 16.7 Å². The topological polar surface area (TPSA) is 38.7 Å². The fraction of sp³-hybridized carbons (Fsp3) is 0.426. The van der Waals surface area contributed by atoms with E-state index in [2.05, 4.69) is 133 Å². The van der Waals surface area contributed by atoms with Gasteiger partial charge >= 0.3 is 0 Å². The van der Waals surface area contributed by atoms with E-state index in [1.54, 1.807) is 0 Å². The molecule has 2 aliphatic carbocycles. The van der Waals surface area contributed by atoms with Crippen LogP contribution in [-0.2, 0) is 10.8 Å². The predicted molar refractivity (Wildman–Crippen MR) is 211 cm³/mol. The first-order chi connectivity index (χ1) is 24.0. The summed E-state index contributed by atoms with van der Waals surface area (Å²) >= 11 is 0. The van der Waals surface area contributed by atoms with Crippen LogP contribution in [0.3, 0.4) is 0 Å². The summed E-state index contributed by atoms with van der Waals surface area (Å²) in [6, 6.07) is 34.0. The Morgan fingerprint density at radius 3 is 1.22 bits per heavy atom. The Morgan fingerprint density at radius 2 is 0.800 bits per heavy atom. The van der Waals surface area contributed by atoms with Crippen LogP contribution in [0.25, 0.3) is 45.3 Å². The van der Waals surface area contributed by atoms with Crippen molar-refractivity contribution in [1.82, 2.24) is 15.0 Å².